The van der Waals surface area contributed by atoms with E-state index in [-0.39, 0.29) is 5.56 Å². The first-order chi connectivity index (χ1) is 12.1. The summed E-state index contributed by atoms with van der Waals surface area (Å²) in [7, 11) is 0. The van der Waals surface area contributed by atoms with Gasteiger partial charge in [-0.05, 0) is 56.9 Å². The van der Waals surface area contributed by atoms with Crippen molar-refractivity contribution >= 4 is 10.9 Å². The van der Waals surface area contributed by atoms with Gasteiger partial charge < -0.3 is 9.30 Å². The quantitative estimate of drug-likeness (QED) is 0.607. The second-order valence-corrected chi connectivity index (χ2v) is 6.66. The van der Waals surface area contributed by atoms with Crippen LogP contribution in [-0.2, 0) is 6.54 Å². The van der Waals surface area contributed by atoms with Crippen LogP contribution in [0.2, 0.25) is 0 Å². The molecule has 0 aliphatic rings. The number of nitrogens with zero attached hydrogens (tertiary/aromatic N) is 1. The smallest absolute Gasteiger partial charge is 0.251 e. The number of benzene rings is 2. The van der Waals surface area contributed by atoms with Gasteiger partial charge in [0.15, 0.2) is 0 Å². The Hall–Kier alpha value is -2.55. The number of hydrogen-bond donors (Lipinski definition) is 0. The van der Waals surface area contributed by atoms with Crippen LogP contribution < -0.4 is 10.3 Å². The predicted molar refractivity (Wildman–Crippen MR) is 104 cm³/mol. The Morgan fingerprint density at radius 2 is 1.68 bits per heavy atom. The predicted octanol–water partition coefficient (Wildman–Crippen LogP) is 4.79. The Morgan fingerprint density at radius 3 is 2.44 bits per heavy atom. The molecule has 25 heavy (non-hydrogen) atoms. The SMILES string of the molecule is Cc1ccc(OCCCCn2c(=O)cc(C)c3cccc(C)c32)cc1. The molecule has 0 spiro atoms. The maximum Gasteiger partial charge on any atom is 0.251 e. The van der Waals surface area contributed by atoms with Crippen molar-refractivity contribution in [1.82, 2.24) is 4.57 Å². The van der Waals surface area contributed by atoms with Crippen LogP contribution in [0.15, 0.2) is 53.3 Å². The second-order valence-electron chi connectivity index (χ2n) is 6.66. The average Bonchev–Trinajstić information content (AvgIpc) is 2.59. The summed E-state index contributed by atoms with van der Waals surface area (Å²) < 4.78 is 7.68. The van der Waals surface area contributed by atoms with Crippen LogP contribution in [0.1, 0.15) is 29.5 Å². The number of fused-ring (bicyclic) bond motifs is 1. The number of pyridine rings is 1. The first-order valence-corrected chi connectivity index (χ1v) is 8.85. The van der Waals surface area contributed by atoms with Gasteiger partial charge in [0.05, 0.1) is 12.1 Å². The van der Waals surface area contributed by atoms with Crippen LogP contribution >= 0.6 is 0 Å². The Bertz CT molecular complexity index is 923. The molecule has 1 aromatic heterocycles. The van der Waals surface area contributed by atoms with E-state index in [4.69, 9.17) is 4.74 Å². The van der Waals surface area contributed by atoms with E-state index in [1.54, 1.807) is 6.07 Å². The average molecular weight is 335 g/mol. The van der Waals surface area contributed by atoms with Crippen molar-refractivity contribution in [3.05, 3.63) is 75.6 Å². The molecule has 0 saturated heterocycles. The summed E-state index contributed by atoms with van der Waals surface area (Å²) in [4.78, 5) is 12.5. The monoisotopic (exact) mass is 335 g/mol. The normalized spacial score (nSPS) is 11.0. The molecule has 130 valence electrons. The van der Waals surface area contributed by atoms with E-state index in [1.165, 1.54) is 5.56 Å². The van der Waals surface area contributed by atoms with E-state index in [1.807, 2.05) is 23.6 Å². The zero-order valence-corrected chi connectivity index (χ0v) is 15.2. The number of aryl methyl sites for hydroxylation is 4. The fourth-order valence-electron chi connectivity index (χ4n) is 3.21. The number of rotatable bonds is 6. The molecule has 0 aliphatic heterocycles. The summed E-state index contributed by atoms with van der Waals surface area (Å²) in [5.41, 5.74) is 4.57. The summed E-state index contributed by atoms with van der Waals surface area (Å²) in [5.74, 6) is 0.902. The Morgan fingerprint density at radius 1 is 0.920 bits per heavy atom. The summed E-state index contributed by atoms with van der Waals surface area (Å²) in [5, 5.41) is 1.16. The molecule has 0 bridgehead atoms. The van der Waals surface area contributed by atoms with E-state index < -0.39 is 0 Å². The van der Waals surface area contributed by atoms with Crippen molar-refractivity contribution in [3.63, 3.8) is 0 Å². The zero-order valence-electron chi connectivity index (χ0n) is 15.2. The molecule has 0 saturated carbocycles. The fraction of sp³-hybridized carbons (Fsp3) is 0.318. The number of aromatic nitrogens is 1. The highest BCUT2D eigenvalue weighted by Gasteiger charge is 2.08. The molecule has 0 aliphatic carbocycles. The maximum atomic E-state index is 12.5. The third kappa shape index (κ3) is 3.93. The molecule has 3 heteroatoms. The molecule has 3 nitrogen and oxygen atoms in total. The lowest BCUT2D eigenvalue weighted by Gasteiger charge is -2.14. The van der Waals surface area contributed by atoms with Crippen molar-refractivity contribution in [2.45, 2.75) is 40.2 Å². The Balaban J connectivity index is 1.65. The molecule has 0 atom stereocenters. The summed E-state index contributed by atoms with van der Waals surface area (Å²) >= 11 is 0. The van der Waals surface area contributed by atoms with Crippen LogP contribution in [0.5, 0.6) is 5.75 Å². The Kier molecular flexibility index (Phi) is 5.22. The maximum absolute atomic E-state index is 12.5. The molecule has 0 fully saturated rings. The fourth-order valence-corrected chi connectivity index (χ4v) is 3.21. The lowest BCUT2D eigenvalue weighted by molar-refractivity contribution is 0.303. The first kappa shape index (κ1) is 17.3. The molecule has 0 unspecified atom stereocenters. The van der Waals surface area contributed by atoms with Crippen LogP contribution in [0.4, 0.5) is 0 Å². The van der Waals surface area contributed by atoms with Gasteiger partial charge in [-0.3, -0.25) is 4.79 Å². The number of unbranched alkanes of at least 4 members (excludes halogenated alkanes) is 1. The largest absolute Gasteiger partial charge is 0.494 e. The summed E-state index contributed by atoms with van der Waals surface area (Å²) in [6, 6.07) is 16.0. The van der Waals surface area contributed by atoms with Gasteiger partial charge in [-0.1, -0.05) is 35.9 Å². The molecular formula is C22H25NO2. The van der Waals surface area contributed by atoms with E-state index in [0.717, 1.165) is 47.2 Å². The van der Waals surface area contributed by atoms with Gasteiger partial charge in [-0.2, -0.15) is 0 Å². The van der Waals surface area contributed by atoms with Gasteiger partial charge in [0.25, 0.3) is 5.56 Å². The van der Waals surface area contributed by atoms with E-state index in [9.17, 15) is 4.79 Å². The van der Waals surface area contributed by atoms with Crippen LogP contribution in [0.25, 0.3) is 10.9 Å². The minimum absolute atomic E-state index is 0.0822. The van der Waals surface area contributed by atoms with E-state index >= 15 is 0 Å². The Labute approximate surface area is 148 Å². The van der Waals surface area contributed by atoms with Crippen molar-refractivity contribution in [1.29, 1.82) is 0 Å². The zero-order chi connectivity index (χ0) is 17.8. The highest BCUT2D eigenvalue weighted by Crippen LogP contribution is 2.20. The van der Waals surface area contributed by atoms with Gasteiger partial charge in [-0.15, -0.1) is 0 Å². The lowest BCUT2D eigenvalue weighted by atomic mass is 10.1. The molecule has 3 aromatic rings. The molecule has 2 aromatic carbocycles. The first-order valence-electron chi connectivity index (χ1n) is 8.85. The number of hydrogen-bond acceptors (Lipinski definition) is 2. The van der Waals surface area contributed by atoms with Crippen LogP contribution in [0, 0.1) is 20.8 Å². The number of para-hydroxylation sites is 1. The van der Waals surface area contributed by atoms with Gasteiger partial charge in [0, 0.05) is 18.0 Å². The van der Waals surface area contributed by atoms with Gasteiger partial charge in [-0.25, -0.2) is 0 Å². The molecule has 1 heterocycles. The molecule has 3 rings (SSSR count). The topological polar surface area (TPSA) is 31.2 Å². The van der Waals surface area contributed by atoms with Crippen molar-refractivity contribution in [2.24, 2.45) is 0 Å². The summed E-state index contributed by atoms with van der Waals surface area (Å²) in [6.07, 6.45) is 1.83. The second kappa shape index (κ2) is 7.56. The van der Waals surface area contributed by atoms with Crippen molar-refractivity contribution in [3.8, 4) is 5.75 Å². The highest BCUT2D eigenvalue weighted by atomic mass is 16.5. The van der Waals surface area contributed by atoms with Crippen molar-refractivity contribution in [2.75, 3.05) is 6.61 Å². The minimum atomic E-state index is 0.0822. The molecule has 0 radical (unpaired) electrons. The third-order valence-electron chi connectivity index (χ3n) is 4.60. The van der Waals surface area contributed by atoms with E-state index in [2.05, 4.69) is 44.2 Å². The highest BCUT2D eigenvalue weighted by molar-refractivity contribution is 5.85. The van der Waals surface area contributed by atoms with Gasteiger partial charge in [0.1, 0.15) is 5.75 Å². The molecule has 0 amide bonds. The third-order valence-corrected chi connectivity index (χ3v) is 4.60. The van der Waals surface area contributed by atoms with Crippen LogP contribution in [0.3, 0.4) is 0 Å². The van der Waals surface area contributed by atoms with E-state index in [0.29, 0.717) is 6.61 Å². The minimum Gasteiger partial charge on any atom is -0.494 e. The standard InChI is InChI=1S/C22H25NO2/c1-16-9-11-19(12-10-16)25-14-5-4-13-23-21(24)15-18(3)20-8-6-7-17(2)22(20)23/h6-12,15H,4-5,13-14H2,1-3H3. The molecule has 0 N–H and O–H groups in total. The number of ether oxygens (including phenoxy) is 1. The van der Waals surface area contributed by atoms with Crippen LogP contribution in [-0.4, -0.2) is 11.2 Å². The van der Waals surface area contributed by atoms with Gasteiger partial charge >= 0.3 is 0 Å². The van der Waals surface area contributed by atoms with Crippen molar-refractivity contribution < 1.29 is 4.74 Å². The molecular weight excluding hydrogens is 310 g/mol. The van der Waals surface area contributed by atoms with Gasteiger partial charge in [0.2, 0.25) is 0 Å². The summed E-state index contributed by atoms with van der Waals surface area (Å²) in [6.45, 7) is 7.52. The lowest BCUT2D eigenvalue weighted by Crippen LogP contribution is -2.21.